The maximum atomic E-state index is 12.3. The van der Waals surface area contributed by atoms with Gasteiger partial charge in [-0.2, -0.15) is 5.10 Å². The van der Waals surface area contributed by atoms with Gasteiger partial charge in [0.1, 0.15) is 17.2 Å². The molecule has 0 heterocycles. The normalized spacial score (nSPS) is 11.6. The Kier molecular flexibility index (Phi) is 8.60. The minimum atomic E-state index is -0.715. The lowest BCUT2D eigenvalue weighted by Crippen LogP contribution is -2.33. The molecule has 1 amide bonds. The monoisotopic (exact) mass is 510 g/mol. The number of amides is 1. The number of esters is 1. The van der Waals surface area contributed by atoms with Crippen molar-refractivity contribution in [2.75, 3.05) is 6.61 Å². The second kappa shape index (κ2) is 11.8. The number of hydrogen-bond donors (Lipinski definition) is 1. The number of carbonyl (C=O) groups excluding carboxylic acids is 2. The average Bonchev–Trinajstić information content (AvgIpc) is 2.82. The summed E-state index contributed by atoms with van der Waals surface area (Å²) in [5.74, 6) is 0.826. The van der Waals surface area contributed by atoms with Crippen molar-refractivity contribution < 1.29 is 23.8 Å². The molecule has 3 aromatic carbocycles. The van der Waals surface area contributed by atoms with Crippen LogP contribution in [0.3, 0.4) is 0 Å². The van der Waals surface area contributed by atoms with Gasteiger partial charge in [0, 0.05) is 4.47 Å². The van der Waals surface area contributed by atoms with Crippen LogP contribution in [-0.4, -0.2) is 30.8 Å². The molecule has 0 aliphatic rings. The smallest absolute Gasteiger partial charge is 0.343 e. The number of nitrogens with one attached hydrogen (secondary N) is 1. The first-order valence-electron chi connectivity index (χ1n) is 10.2. The van der Waals surface area contributed by atoms with E-state index in [2.05, 4.69) is 26.5 Å². The van der Waals surface area contributed by atoms with Gasteiger partial charge in [-0.15, -0.1) is 0 Å². The van der Waals surface area contributed by atoms with E-state index in [-0.39, 0.29) is 5.91 Å². The van der Waals surface area contributed by atoms with Crippen molar-refractivity contribution in [1.29, 1.82) is 0 Å². The third-order valence-electron chi connectivity index (χ3n) is 4.38. The van der Waals surface area contributed by atoms with E-state index < -0.39 is 12.1 Å². The highest BCUT2D eigenvalue weighted by atomic mass is 79.9. The second-order valence-corrected chi connectivity index (χ2v) is 7.78. The van der Waals surface area contributed by atoms with Gasteiger partial charge in [0.2, 0.25) is 0 Å². The molecule has 3 rings (SSSR count). The van der Waals surface area contributed by atoms with Crippen molar-refractivity contribution >= 4 is 34.0 Å². The molecule has 0 radical (unpaired) electrons. The van der Waals surface area contributed by atoms with Crippen molar-refractivity contribution in [3.05, 3.63) is 88.4 Å². The summed E-state index contributed by atoms with van der Waals surface area (Å²) in [6.45, 7) is 4.09. The highest BCUT2D eigenvalue weighted by Gasteiger charge is 2.14. The number of hydrogen-bond acceptors (Lipinski definition) is 6. The van der Waals surface area contributed by atoms with Crippen LogP contribution in [0.15, 0.2) is 82.4 Å². The van der Waals surface area contributed by atoms with Crippen LogP contribution in [0.25, 0.3) is 0 Å². The summed E-state index contributed by atoms with van der Waals surface area (Å²) in [6.07, 6.45) is 0.773. The molecule has 33 heavy (non-hydrogen) atoms. The van der Waals surface area contributed by atoms with Gasteiger partial charge in [-0.05, 0) is 92.2 Å². The Labute approximate surface area is 200 Å². The number of rotatable bonds is 9. The van der Waals surface area contributed by atoms with Gasteiger partial charge in [-0.1, -0.05) is 15.9 Å². The van der Waals surface area contributed by atoms with Crippen LogP contribution in [0.1, 0.15) is 29.8 Å². The SMILES string of the molecule is CCOc1ccc(C(=O)Oc2ccc(/C=N\NC(=O)[C@@H](C)Oc3ccc(Br)cc3)cc2)cc1. The predicted octanol–water partition coefficient (Wildman–Crippen LogP) is 4.98. The molecule has 170 valence electrons. The summed E-state index contributed by atoms with van der Waals surface area (Å²) >= 11 is 3.35. The molecule has 7 nitrogen and oxygen atoms in total. The van der Waals surface area contributed by atoms with E-state index in [9.17, 15) is 9.59 Å². The summed E-state index contributed by atoms with van der Waals surface area (Å²) in [6, 6.07) is 20.7. The van der Waals surface area contributed by atoms with Gasteiger partial charge in [0.15, 0.2) is 6.10 Å². The van der Waals surface area contributed by atoms with Crippen LogP contribution in [0.5, 0.6) is 17.2 Å². The van der Waals surface area contributed by atoms with Crippen molar-refractivity contribution in [2.24, 2.45) is 5.10 Å². The maximum Gasteiger partial charge on any atom is 0.343 e. The number of halogens is 1. The zero-order chi connectivity index (χ0) is 23.6. The lowest BCUT2D eigenvalue weighted by atomic mass is 10.2. The third-order valence-corrected chi connectivity index (χ3v) is 4.90. The van der Waals surface area contributed by atoms with Gasteiger partial charge < -0.3 is 14.2 Å². The molecule has 0 bridgehead atoms. The van der Waals surface area contributed by atoms with Crippen molar-refractivity contribution in [3.8, 4) is 17.2 Å². The molecule has 1 atom stereocenters. The van der Waals surface area contributed by atoms with E-state index in [0.717, 1.165) is 10.0 Å². The Hall–Kier alpha value is -3.65. The molecule has 0 unspecified atom stereocenters. The summed E-state index contributed by atoms with van der Waals surface area (Å²) in [7, 11) is 0. The number of hydrazone groups is 1. The van der Waals surface area contributed by atoms with Crippen LogP contribution in [0, 0.1) is 0 Å². The Bertz CT molecular complexity index is 1100. The van der Waals surface area contributed by atoms with Crippen molar-refractivity contribution in [2.45, 2.75) is 20.0 Å². The van der Waals surface area contributed by atoms with Crippen LogP contribution in [0.2, 0.25) is 0 Å². The number of ether oxygens (including phenoxy) is 3. The first-order chi connectivity index (χ1) is 15.9. The quantitative estimate of drug-likeness (QED) is 0.190. The summed E-state index contributed by atoms with van der Waals surface area (Å²) in [5.41, 5.74) is 3.59. The standard InChI is InChI=1S/C25H23BrN2O5/c1-3-31-21-12-6-19(7-13-21)25(30)33-23-10-4-18(5-11-23)16-27-28-24(29)17(2)32-22-14-8-20(26)9-15-22/h4-17H,3H2,1-2H3,(H,28,29)/b27-16-/t17-/m1/s1. The third kappa shape index (κ3) is 7.47. The topological polar surface area (TPSA) is 86.2 Å². The van der Waals surface area contributed by atoms with E-state index in [1.807, 2.05) is 19.1 Å². The Morgan fingerprint density at radius 3 is 2.18 bits per heavy atom. The Morgan fingerprint density at radius 2 is 1.55 bits per heavy atom. The van der Waals surface area contributed by atoms with Crippen LogP contribution in [0.4, 0.5) is 0 Å². The molecule has 0 fully saturated rings. The molecular weight excluding hydrogens is 488 g/mol. The minimum Gasteiger partial charge on any atom is -0.494 e. The van der Waals surface area contributed by atoms with E-state index >= 15 is 0 Å². The summed E-state index contributed by atoms with van der Waals surface area (Å²) in [5, 5.41) is 3.95. The molecule has 0 aliphatic carbocycles. The van der Waals surface area contributed by atoms with Crippen molar-refractivity contribution in [3.63, 3.8) is 0 Å². The predicted molar refractivity (Wildman–Crippen MR) is 129 cm³/mol. The molecule has 0 aromatic heterocycles. The number of carbonyl (C=O) groups is 2. The van der Waals surface area contributed by atoms with E-state index in [4.69, 9.17) is 14.2 Å². The van der Waals surface area contributed by atoms with Gasteiger partial charge >= 0.3 is 5.97 Å². The zero-order valence-corrected chi connectivity index (χ0v) is 19.7. The molecule has 8 heteroatoms. The number of benzene rings is 3. The minimum absolute atomic E-state index is 0.380. The van der Waals surface area contributed by atoms with Gasteiger partial charge in [0.25, 0.3) is 5.91 Å². The molecule has 1 N–H and O–H groups in total. The molecule has 0 spiro atoms. The molecular formula is C25H23BrN2O5. The largest absolute Gasteiger partial charge is 0.494 e. The fraction of sp³-hybridized carbons (Fsp3) is 0.160. The lowest BCUT2D eigenvalue weighted by Gasteiger charge is -2.12. The first kappa shape index (κ1) is 24.0. The van der Waals surface area contributed by atoms with E-state index in [0.29, 0.717) is 29.4 Å². The van der Waals surface area contributed by atoms with Crippen LogP contribution < -0.4 is 19.6 Å². The highest BCUT2D eigenvalue weighted by molar-refractivity contribution is 9.10. The van der Waals surface area contributed by atoms with Gasteiger partial charge in [0.05, 0.1) is 18.4 Å². The van der Waals surface area contributed by atoms with Crippen LogP contribution in [-0.2, 0) is 4.79 Å². The molecule has 0 aliphatic heterocycles. The molecule has 3 aromatic rings. The zero-order valence-electron chi connectivity index (χ0n) is 18.2. The molecule has 0 saturated carbocycles. The second-order valence-electron chi connectivity index (χ2n) is 6.86. The fourth-order valence-corrected chi connectivity index (χ4v) is 2.94. The fourth-order valence-electron chi connectivity index (χ4n) is 2.67. The Morgan fingerprint density at radius 1 is 0.939 bits per heavy atom. The summed E-state index contributed by atoms with van der Waals surface area (Å²) < 4.78 is 17.2. The molecule has 0 saturated heterocycles. The summed E-state index contributed by atoms with van der Waals surface area (Å²) in [4.78, 5) is 24.4. The lowest BCUT2D eigenvalue weighted by molar-refractivity contribution is -0.127. The van der Waals surface area contributed by atoms with Gasteiger partial charge in [-0.25, -0.2) is 10.2 Å². The Balaban J connectivity index is 1.48. The average molecular weight is 511 g/mol. The van der Waals surface area contributed by atoms with E-state index in [1.165, 1.54) is 6.21 Å². The maximum absolute atomic E-state index is 12.3. The van der Waals surface area contributed by atoms with Crippen molar-refractivity contribution in [1.82, 2.24) is 5.43 Å². The van der Waals surface area contributed by atoms with Crippen LogP contribution >= 0.6 is 15.9 Å². The number of nitrogens with zero attached hydrogens (tertiary/aromatic N) is 1. The van der Waals surface area contributed by atoms with Gasteiger partial charge in [-0.3, -0.25) is 4.79 Å². The first-order valence-corrected chi connectivity index (χ1v) is 11.0. The highest BCUT2D eigenvalue weighted by Crippen LogP contribution is 2.18. The van der Waals surface area contributed by atoms with E-state index in [1.54, 1.807) is 67.6 Å².